The van der Waals surface area contributed by atoms with Gasteiger partial charge in [-0.05, 0) is 19.9 Å². The van der Waals surface area contributed by atoms with Crippen LogP contribution in [0.25, 0.3) is 10.2 Å². The first-order valence-electron chi connectivity index (χ1n) is 8.99. The van der Waals surface area contributed by atoms with E-state index < -0.39 is 0 Å². The molecule has 138 valence electrons. The Morgan fingerprint density at radius 1 is 1.31 bits per heavy atom. The van der Waals surface area contributed by atoms with Gasteiger partial charge in [0.2, 0.25) is 0 Å². The maximum Gasteiger partial charge on any atom is 0.126 e. The van der Waals surface area contributed by atoms with Crippen LogP contribution in [-0.2, 0) is 4.74 Å². The van der Waals surface area contributed by atoms with E-state index in [0.717, 1.165) is 59.1 Å². The monoisotopic (exact) mass is 372 g/mol. The van der Waals surface area contributed by atoms with Crippen molar-refractivity contribution < 1.29 is 4.74 Å². The number of nitrogens with two attached hydrogens (primary N) is 1. The number of thiophene rings is 1. The van der Waals surface area contributed by atoms with Crippen molar-refractivity contribution in [2.75, 3.05) is 37.2 Å². The smallest absolute Gasteiger partial charge is 0.126 e. The highest BCUT2D eigenvalue weighted by Gasteiger charge is 2.21. The van der Waals surface area contributed by atoms with Gasteiger partial charge in [-0.1, -0.05) is 0 Å². The molecule has 0 spiro atoms. The largest absolute Gasteiger partial charge is 0.384 e. The lowest BCUT2D eigenvalue weighted by Gasteiger charge is -2.35. The fraction of sp³-hybridized carbons (Fsp3) is 0.500. The van der Waals surface area contributed by atoms with Gasteiger partial charge in [0.25, 0.3) is 0 Å². The summed E-state index contributed by atoms with van der Waals surface area (Å²) in [7, 11) is 0. The average molecular weight is 372 g/mol. The lowest BCUT2D eigenvalue weighted by atomic mass is 10.2. The van der Waals surface area contributed by atoms with Crippen molar-refractivity contribution >= 4 is 45.0 Å². The molecule has 2 aliphatic heterocycles. The minimum absolute atomic E-state index is 0.288. The minimum Gasteiger partial charge on any atom is -0.384 e. The first-order chi connectivity index (χ1) is 12.6. The lowest BCUT2D eigenvalue weighted by Crippen LogP contribution is -2.46. The van der Waals surface area contributed by atoms with Crippen LogP contribution in [0.2, 0.25) is 0 Å². The number of pyridine rings is 1. The molecule has 26 heavy (non-hydrogen) atoms. The van der Waals surface area contributed by atoms with Crippen LogP contribution < -0.4 is 11.1 Å². The van der Waals surface area contributed by atoms with Crippen LogP contribution in [0.15, 0.2) is 22.3 Å². The molecule has 0 bridgehead atoms. The van der Waals surface area contributed by atoms with Gasteiger partial charge in [0.1, 0.15) is 5.82 Å². The Hall–Kier alpha value is -2.03. The number of anilines is 2. The zero-order chi connectivity index (χ0) is 18.1. The molecule has 0 saturated carbocycles. The summed E-state index contributed by atoms with van der Waals surface area (Å²) < 4.78 is 6.92. The summed E-state index contributed by atoms with van der Waals surface area (Å²) >= 11 is 1.69. The predicted octanol–water partition coefficient (Wildman–Crippen LogP) is 2.58. The van der Waals surface area contributed by atoms with E-state index in [4.69, 9.17) is 10.5 Å². The molecule has 8 heteroatoms. The Labute approximate surface area is 156 Å². The molecule has 1 fully saturated rings. The fourth-order valence-electron chi connectivity index (χ4n) is 3.56. The number of nitrogens with zero attached hydrogens (tertiary/aromatic N) is 4. The van der Waals surface area contributed by atoms with E-state index in [1.54, 1.807) is 11.3 Å². The summed E-state index contributed by atoms with van der Waals surface area (Å²) in [6.07, 6.45) is 3.18. The highest BCUT2D eigenvalue weighted by molar-refractivity contribution is 7.21. The number of aromatic nitrogens is 1. The minimum atomic E-state index is 0.288. The van der Waals surface area contributed by atoms with Crippen molar-refractivity contribution in [2.45, 2.75) is 32.5 Å². The number of morpholine rings is 1. The summed E-state index contributed by atoms with van der Waals surface area (Å²) in [4.78, 5) is 8.02. The highest BCUT2D eigenvalue weighted by Crippen LogP contribution is 2.33. The van der Waals surface area contributed by atoms with E-state index in [9.17, 15) is 0 Å². The van der Waals surface area contributed by atoms with Crippen molar-refractivity contribution in [3.63, 3.8) is 0 Å². The zero-order valence-corrected chi connectivity index (χ0v) is 15.9. The van der Waals surface area contributed by atoms with Crippen LogP contribution in [0.1, 0.15) is 25.1 Å². The molecule has 2 aliphatic rings. The van der Waals surface area contributed by atoms with Gasteiger partial charge < -0.3 is 15.8 Å². The second-order valence-electron chi connectivity index (χ2n) is 6.91. The molecule has 2 atom stereocenters. The van der Waals surface area contributed by atoms with Gasteiger partial charge in [0.15, 0.2) is 0 Å². The maximum atomic E-state index is 6.01. The van der Waals surface area contributed by atoms with Crippen molar-refractivity contribution in [2.24, 2.45) is 10.2 Å². The number of fused-ring (bicyclic) bond motifs is 1. The molecule has 0 unspecified atom stereocenters. The molecule has 0 aliphatic carbocycles. The summed E-state index contributed by atoms with van der Waals surface area (Å²) in [5.41, 5.74) is 8.96. The summed E-state index contributed by atoms with van der Waals surface area (Å²) in [5, 5.41) is 11.7. The Morgan fingerprint density at radius 3 is 2.85 bits per heavy atom. The molecule has 1 saturated heterocycles. The van der Waals surface area contributed by atoms with E-state index in [-0.39, 0.29) is 12.2 Å². The van der Waals surface area contributed by atoms with E-state index in [1.807, 2.05) is 12.3 Å². The van der Waals surface area contributed by atoms with Gasteiger partial charge in [0.05, 0.1) is 38.7 Å². The van der Waals surface area contributed by atoms with Gasteiger partial charge in [-0.15, -0.1) is 11.3 Å². The molecule has 2 aromatic heterocycles. The Bertz CT molecular complexity index is 851. The highest BCUT2D eigenvalue weighted by atomic mass is 32.1. The molecule has 2 aromatic rings. The second-order valence-corrected chi connectivity index (χ2v) is 7.96. The van der Waals surface area contributed by atoms with Gasteiger partial charge in [-0.25, -0.2) is 4.98 Å². The first-order valence-corrected chi connectivity index (χ1v) is 9.80. The summed E-state index contributed by atoms with van der Waals surface area (Å²) in [5.74, 6) is 0.530. The standard InChI is InChI=1S/C18H24N6OS/c1-11-9-24(10-12(2)25-11)6-5-20-14-8-17(19)22-15-7-16(26-18(14)15)13-3-4-21-23-13/h4,7-8,11-12H,3,5-6,9-10H2,1-2H3,(H3,19,20,22)/t11-,12+. The molecule has 0 radical (unpaired) electrons. The van der Waals surface area contributed by atoms with E-state index >= 15 is 0 Å². The number of rotatable bonds is 5. The quantitative estimate of drug-likeness (QED) is 0.842. The maximum absolute atomic E-state index is 6.01. The predicted molar refractivity (Wildman–Crippen MR) is 109 cm³/mol. The number of ether oxygens (including phenoxy) is 1. The first kappa shape index (κ1) is 17.4. The number of hydrogen-bond acceptors (Lipinski definition) is 8. The van der Waals surface area contributed by atoms with E-state index in [0.29, 0.717) is 5.82 Å². The molecule has 4 heterocycles. The van der Waals surface area contributed by atoms with E-state index in [1.165, 1.54) is 0 Å². The van der Waals surface area contributed by atoms with Crippen molar-refractivity contribution in [3.05, 3.63) is 17.0 Å². The van der Waals surface area contributed by atoms with Crippen molar-refractivity contribution in [1.29, 1.82) is 0 Å². The Balaban J connectivity index is 1.47. The lowest BCUT2D eigenvalue weighted by molar-refractivity contribution is -0.0667. The van der Waals surface area contributed by atoms with Crippen LogP contribution in [0.5, 0.6) is 0 Å². The second kappa shape index (κ2) is 7.30. The van der Waals surface area contributed by atoms with Crippen LogP contribution >= 0.6 is 11.3 Å². The average Bonchev–Trinajstić information content (AvgIpc) is 3.22. The number of nitrogen functional groups attached to an aromatic ring is 1. The van der Waals surface area contributed by atoms with Crippen LogP contribution in [0.4, 0.5) is 11.5 Å². The molecular formula is C18H24N6OS. The number of nitrogens with one attached hydrogen (secondary N) is 1. The summed E-state index contributed by atoms with van der Waals surface area (Å²) in [6.45, 7) is 8.04. The van der Waals surface area contributed by atoms with Gasteiger partial charge in [-0.2, -0.15) is 10.2 Å². The van der Waals surface area contributed by atoms with Crippen LogP contribution in [-0.4, -0.2) is 60.2 Å². The SMILES string of the molecule is C[C@@H]1CN(CCNc2cc(N)nc3cc(C4=NN=CC4)sc23)C[C@H](C)O1. The molecule has 3 N–H and O–H groups in total. The third-order valence-corrected chi connectivity index (χ3v) is 5.77. The Morgan fingerprint density at radius 2 is 2.12 bits per heavy atom. The van der Waals surface area contributed by atoms with Crippen LogP contribution in [0, 0.1) is 0 Å². The normalized spacial score (nSPS) is 23.5. The van der Waals surface area contributed by atoms with Crippen molar-refractivity contribution in [3.8, 4) is 0 Å². The molecule has 7 nitrogen and oxygen atoms in total. The molecule has 4 rings (SSSR count). The van der Waals surface area contributed by atoms with Crippen molar-refractivity contribution in [1.82, 2.24) is 9.88 Å². The Kier molecular flexibility index (Phi) is 4.88. The zero-order valence-electron chi connectivity index (χ0n) is 15.1. The fourth-order valence-corrected chi connectivity index (χ4v) is 4.64. The topological polar surface area (TPSA) is 88.1 Å². The molecular weight excluding hydrogens is 348 g/mol. The van der Waals surface area contributed by atoms with E-state index in [2.05, 4.69) is 45.3 Å². The molecule has 0 amide bonds. The van der Waals surface area contributed by atoms with Gasteiger partial charge >= 0.3 is 0 Å². The molecule has 0 aromatic carbocycles. The number of hydrogen-bond donors (Lipinski definition) is 2. The van der Waals surface area contributed by atoms with Crippen LogP contribution in [0.3, 0.4) is 0 Å². The van der Waals surface area contributed by atoms with Gasteiger partial charge in [-0.3, -0.25) is 4.90 Å². The third kappa shape index (κ3) is 3.72. The van der Waals surface area contributed by atoms with Gasteiger partial charge in [0, 0.05) is 44.9 Å². The summed E-state index contributed by atoms with van der Waals surface area (Å²) in [6, 6.07) is 3.97. The third-order valence-electron chi connectivity index (χ3n) is 4.57.